The molecule has 2 unspecified atom stereocenters. The van der Waals surface area contributed by atoms with Gasteiger partial charge in [-0.05, 0) is 42.4 Å². The normalized spacial score (nSPS) is 24.3. The van der Waals surface area contributed by atoms with Crippen LogP contribution in [0, 0.1) is 17.1 Å². The molecule has 0 amide bonds. The second-order valence-electron chi connectivity index (χ2n) is 7.40. The Morgan fingerprint density at radius 2 is 1.97 bits per heavy atom. The van der Waals surface area contributed by atoms with Gasteiger partial charge in [0, 0.05) is 18.2 Å². The van der Waals surface area contributed by atoms with E-state index in [2.05, 4.69) is 11.1 Å². The van der Waals surface area contributed by atoms with Gasteiger partial charge in [-0.25, -0.2) is 4.39 Å². The number of allylic oxidation sites excluding steroid dienone is 10. The number of ether oxygens (including phenoxy) is 1. The number of aliphatic imine (C=N–C) groups is 1. The molecule has 6 heteroatoms. The zero-order valence-electron chi connectivity index (χ0n) is 18.4. The highest BCUT2D eigenvalue weighted by Gasteiger charge is 2.23. The quantitative estimate of drug-likeness (QED) is 0.674. The minimum atomic E-state index is -0.845. The largest absolute Gasteiger partial charge is 0.459 e. The molecule has 33 heavy (non-hydrogen) atoms. The van der Waals surface area contributed by atoms with Gasteiger partial charge in [-0.3, -0.25) is 4.99 Å². The number of aliphatic hydroxyl groups is 1. The molecule has 0 bridgehead atoms. The van der Waals surface area contributed by atoms with Gasteiger partial charge in [0.05, 0.1) is 23.5 Å². The summed E-state index contributed by atoms with van der Waals surface area (Å²) in [5.41, 5.74) is 7.93. The number of hydrogen-bond donors (Lipinski definition) is 2. The Bertz CT molecular complexity index is 1160. The highest BCUT2D eigenvalue weighted by Crippen LogP contribution is 2.26. The Hall–Kier alpha value is -3.79. The smallest absolute Gasteiger partial charge is 0.131 e. The van der Waals surface area contributed by atoms with Gasteiger partial charge in [0.2, 0.25) is 0 Å². The average Bonchev–Trinajstić information content (AvgIpc) is 3.23. The van der Waals surface area contributed by atoms with Crippen molar-refractivity contribution in [2.75, 3.05) is 6.54 Å². The maximum atomic E-state index is 13.7. The van der Waals surface area contributed by atoms with Crippen LogP contribution in [-0.4, -0.2) is 29.5 Å². The molecule has 2 atom stereocenters. The highest BCUT2D eigenvalue weighted by atomic mass is 19.1. The van der Waals surface area contributed by atoms with E-state index in [4.69, 9.17) is 10.5 Å². The lowest BCUT2D eigenvalue weighted by Crippen LogP contribution is -2.21. The Balaban J connectivity index is 1.97. The van der Waals surface area contributed by atoms with Crippen LogP contribution in [0.3, 0.4) is 0 Å². The van der Waals surface area contributed by atoms with Gasteiger partial charge in [-0.15, -0.1) is 0 Å². The fourth-order valence-corrected chi connectivity index (χ4v) is 3.26. The number of benzene rings is 1. The molecule has 5 nitrogen and oxygen atoms in total. The topological polar surface area (TPSA) is 91.6 Å². The van der Waals surface area contributed by atoms with E-state index in [0.717, 1.165) is 0 Å². The minimum absolute atomic E-state index is 0.0665. The number of nitrogens with two attached hydrogens (primary N) is 1. The number of halogens is 1. The first-order valence-corrected chi connectivity index (χ1v) is 10.7. The summed E-state index contributed by atoms with van der Waals surface area (Å²) >= 11 is 0. The number of rotatable bonds is 6. The summed E-state index contributed by atoms with van der Waals surface area (Å²) in [6, 6.07) is 8.16. The molecule has 0 fully saturated rings. The fourth-order valence-electron chi connectivity index (χ4n) is 3.26. The van der Waals surface area contributed by atoms with Crippen LogP contribution in [0.1, 0.15) is 18.9 Å². The maximum Gasteiger partial charge on any atom is 0.131 e. The molecule has 0 radical (unpaired) electrons. The molecule has 1 heterocycles. The molecule has 1 aliphatic carbocycles. The van der Waals surface area contributed by atoms with Crippen molar-refractivity contribution in [1.82, 2.24) is 0 Å². The van der Waals surface area contributed by atoms with Crippen molar-refractivity contribution < 1.29 is 14.2 Å². The molecule has 0 saturated carbocycles. The van der Waals surface area contributed by atoms with Crippen molar-refractivity contribution in [3.05, 3.63) is 119 Å². The van der Waals surface area contributed by atoms with Gasteiger partial charge in [0.15, 0.2) is 0 Å². The van der Waals surface area contributed by atoms with E-state index < -0.39 is 6.10 Å². The molecule has 2 aliphatic rings. The summed E-state index contributed by atoms with van der Waals surface area (Å²) in [6.45, 7) is 2.05. The van der Waals surface area contributed by atoms with Crippen LogP contribution in [0.5, 0.6) is 0 Å². The third-order valence-electron chi connectivity index (χ3n) is 5.02. The monoisotopic (exact) mass is 443 g/mol. The second kappa shape index (κ2) is 11.7. The van der Waals surface area contributed by atoms with Crippen LogP contribution in [0.2, 0.25) is 0 Å². The van der Waals surface area contributed by atoms with Crippen LogP contribution in [0.15, 0.2) is 113 Å². The number of hydrogen-bond acceptors (Lipinski definition) is 5. The first kappa shape index (κ1) is 23.9. The molecule has 1 aromatic rings. The van der Waals surface area contributed by atoms with Gasteiger partial charge in [-0.2, -0.15) is 5.26 Å². The zero-order valence-corrected chi connectivity index (χ0v) is 18.4. The number of nitriles is 1. The molecule has 168 valence electrons. The lowest BCUT2D eigenvalue weighted by molar-refractivity contribution is 0.223. The molecule has 0 saturated heterocycles. The maximum absolute atomic E-state index is 13.7. The van der Waals surface area contributed by atoms with E-state index in [9.17, 15) is 14.8 Å². The van der Waals surface area contributed by atoms with Gasteiger partial charge < -0.3 is 15.6 Å². The SMILES string of the molecule is CCC1N=C(c2cccc(F)c2)C=C1OC1=C\C(C#N)=C/C=C/C=C/C=C(/C(O)CN)C=C1. The third kappa shape index (κ3) is 6.59. The van der Waals surface area contributed by atoms with E-state index >= 15 is 0 Å². The Labute approximate surface area is 193 Å². The molecule has 0 spiro atoms. The van der Waals surface area contributed by atoms with Crippen molar-refractivity contribution >= 4 is 5.71 Å². The lowest BCUT2D eigenvalue weighted by Gasteiger charge is -2.14. The summed E-state index contributed by atoms with van der Waals surface area (Å²) in [5.74, 6) is 0.660. The first-order valence-electron chi connectivity index (χ1n) is 10.7. The fraction of sp³-hybridized carbons (Fsp3) is 0.185. The summed E-state index contributed by atoms with van der Waals surface area (Å²) < 4.78 is 19.9. The van der Waals surface area contributed by atoms with Crippen LogP contribution in [-0.2, 0) is 4.74 Å². The molecule has 3 N–H and O–H groups in total. The summed E-state index contributed by atoms with van der Waals surface area (Å²) in [7, 11) is 0. The third-order valence-corrected chi connectivity index (χ3v) is 5.02. The molecule has 3 rings (SSSR count). The number of aliphatic hydroxyl groups excluding tert-OH is 1. The van der Waals surface area contributed by atoms with E-state index in [1.807, 2.05) is 6.92 Å². The molecule has 0 aromatic heterocycles. The lowest BCUT2D eigenvalue weighted by atomic mass is 10.1. The number of nitrogens with zero attached hydrogens (tertiary/aromatic N) is 2. The van der Waals surface area contributed by atoms with Crippen molar-refractivity contribution in [1.29, 1.82) is 5.26 Å². The Morgan fingerprint density at radius 3 is 2.67 bits per heavy atom. The molecule has 1 aliphatic heterocycles. The van der Waals surface area contributed by atoms with Crippen molar-refractivity contribution in [3.8, 4) is 6.07 Å². The van der Waals surface area contributed by atoms with Crippen LogP contribution in [0.4, 0.5) is 4.39 Å². The van der Waals surface area contributed by atoms with Crippen molar-refractivity contribution in [2.45, 2.75) is 25.5 Å². The predicted octanol–water partition coefficient (Wildman–Crippen LogP) is 4.57. The molecular formula is C27H26FN3O2. The highest BCUT2D eigenvalue weighted by molar-refractivity contribution is 6.10. The van der Waals surface area contributed by atoms with Crippen LogP contribution < -0.4 is 5.73 Å². The summed E-state index contributed by atoms with van der Waals surface area (Å²) in [6.07, 6.45) is 17.2. The minimum Gasteiger partial charge on any atom is -0.459 e. The van der Waals surface area contributed by atoms with Crippen molar-refractivity contribution in [2.24, 2.45) is 10.7 Å². The van der Waals surface area contributed by atoms with Gasteiger partial charge in [0.25, 0.3) is 0 Å². The van der Waals surface area contributed by atoms with Gasteiger partial charge >= 0.3 is 0 Å². The van der Waals surface area contributed by atoms with E-state index in [-0.39, 0.29) is 18.4 Å². The standard InChI is InChI=1S/C27H26FN3O2/c1-2-24-27(16-25(31-24)21-10-7-11-22(28)15-21)33-23-13-12-20(26(32)18-30)9-6-4-3-5-8-19(14-23)17-29/h3-16,24,26,32H,2,18,30H2,1H3/b4-3?,5-3+,6-4+,8-5?,9-6?,13-12?,19-8+,19-14?,20-9+,20-12?,23-13?,23-14?. The van der Waals surface area contributed by atoms with E-state index in [1.165, 1.54) is 12.1 Å². The predicted molar refractivity (Wildman–Crippen MR) is 129 cm³/mol. The summed E-state index contributed by atoms with van der Waals surface area (Å²) in [4.78, 5) is 4.68. The van der Waals surface area contributed by atoms with Crippen molar-refractivity contribution in [3.63, 3.8) is 0 Å². The summed E-state index contributed by atoms with van der Waals surface area (Å²) in [5, 5.41) is 19.8. The second-order valence-corrected chi connectivity index (χ2v) is 7.40. The Morgan fingerprint density at radius 1 is 1.18 bits per heavy atom. The van der Waals surface area contributed by atoms with Gasteiger partial charge in [0.1, 0.15) is 23.4 Å². The van der Waals surface area contributed by atoms with Crippen LogP contribution in [0.25, 0.3) is 0 Å². The molecular weight excluding hydrogens is 417 g/mol. The van der Waals surface area contributed by atoms with E-state index in [1.54, 1.807) is 72.9 Å². The zero-order chi connectivity index (χ0) is 23.6. The first-order chi connectivity index (χ1) is 16.0. The Kier molecular flexibility index (Phi) is 8.48. The average molecular weight is 444 g/mol. The van der Waals surface area contributed by atoms with Gasteiger partial charge in [-0.1, -0.05) is 55.5 Å². The van der Waals surface area contributed by atoms with E-state index in [0.29, 0.717) is 40.4 Å². The van der Waals surface area contributed by atoms with Crippen LogP contribution >= 0.6 is 0 Å². The molecule has 1 aromatic carbocycles.